The summed E-state index contributed by atoms with van der Waals surface area (Å²) in [6.45, 7) is 5.63. The van der Waals surface area contributed by atoms with Gasteiger partial charge in [0.1, 0.15) is 16.6 Å². The largest absolute Gasteiger partial charge is 0.329 e. The molecule has 2 aromatic heterocycles. The van der Waals surface area contributed by atoms with Crippen LogP contribution in [0.5, 0.6) is 0 Å². The highest BCUT2D eigenvalue weighted by Crippen LogP contribution is 2.27. The van der Waals surface area contributed by atoms with Gasteiger partial charge < -0.3 is 5.32 Å². The minimum absolute atomic E-state index is 0.141. The lowest BCUT2D eigenvalue weighted by molar-refractivity contribution is 0.102. The summed E-state index contributed by atoms with van der Waals surface area (Å²) in [5.41, 5.74) is 2.20. The number of nitrogens with one attached hydrogen (secondary N) is 1. The van der Waals surface area contributed by atoms with E-state index in [1.54, 1.807) is 13.1 Å². The van der Waals surface area contributed by atoms with Crippen LogP contribution in [0.25, 0.3) is 16.5 Å². The number of anilines is 1. The number of nitrogens with zero attached hydrogens (tertiary/aromatic N) is 3. The van der Waals surface area contributed by atoms with Crippen LogP contribution in [0.1, 0.15) is 26.5 Å². The fraction of sp³-hybridized carbons (Fsp3) is 0.143. The fourth-order valence-electron chi connectivity index (χ4n) is 3.34. The van der Waals surface area contributed by atoms with Gasteiger partial charge in [0.25, 0.3) is 5.91 Å². The number of aromatic nitrogens is 3. The maximum absolute atomic E-state index is 14.7. The van der Waals surface area contributed by atoms with E-state index in [4.69, 9.17) is 0 Å². The predicted molar refractivity (Wildman–Crippen MR) is 112 cm³/mol. The second kappa shape index (κ2) is 7.21. The van der Waals surface area contributed by atoms with E-state index >= 15 is 0 Å². The molecule has 1 amide bonds. The Labute approximate surface area is 169 Å². The summed E-state index contributed by atoms with van der Waals surface area (Å²) in [4.78, 5) is 28.6. The van der Waals surface area contributed by atoms with Crippen molar-refractivity contribution in [2.75, 3.05) is 5.32 Å². The summed E-state index contributed by atoms with van der Waals surface area (Å²) >= 11 is 0.972. The van der Waals surface area contributed by atoms with Crippen LogP contribution in [0.3, 0.4) is 0 Å². The third-order valence-electron chi connectivity index (χ3n) is 4.53. The predicted octanol–water partition coefficient (Wildman–Crippen LogP) is 4.16. The second-order valence-corrected chi connectivity index (χ2v) is 7.90. The van der Waals surface area contributed by atoms with E-state index < -0.39 is 11.7 Å². The first-order valence-corrected chi connectivity index (χ1v) is 9.69. The molecule has 29 heavy (non-hydrogen) atoms. The molecule has 2 aromatic carbocycles. The lowest BCUT2D eigenvalue weighted by atomic mass is 10.0. The maximum Gasteiger partial charge on any atom is 0.329 e. The Morgan fingerprint density at radius 2 is 1.93 bits per heavy atom. The number of benzene rings is 2. The number of hydrogen-bond donors (Lipinski definition) is 1. The van der Waals surface area contributed by atoms with E-state index in [0.717, 1.165) is 44.0 Å². The number of carbonyl (C=O) groups excluding carboxylic acids is 1. The Balaban J connectivity index is 1.69. The molecule has 4 rings (SSSR count). The highest BCUT2D eigenvalue weighted by Gasteiger charge is 2.17. The minimum atomic E-state index is -0.745. The first kappa shape index (κ1) is 18.9. The molecule has 0 aliphatic carbocycles. The smallest absolute Gasteiger partial charge is 0.306 e. The number of rotatable bonds is 3. The SMILES string of the molecule is Cc1cc(C)c2c(NC(=O)c3ccc(-n4nc(C)sc4=O)cc3F)nccc2c1. The van der Waals surface area contributed by atoms with Gasteiger partial charge >= 0.3 is 4.87 Å². The monoisotopic (exact) mass is 408 g/mol. The van der Waals surface area contributed by atoms with E-state index in [9.17, 15) is 14.0 Å². The molecule has 2 heterocycles. The maximum atomic E-state index is 14.7. The summed E-state index contributed by atoms with van der Waals surface area (Å²) in [5.74, 6) is -0.985. The van der Waals surface area contributed by atoms with Crippen LogP contribution in [0, 0.1) is 26.6 Å². The fourth-order valence-corrected chi connectivity index (χ4v) is 3.94. The molecule has 4 aromatic rings. The van der Waals surface area contributed by atoms with Gasteiger partial charge in [-0.2, -0.15) is 9.78 Å². The van der Waals surface area contributed by atoms with Gasteiger partial charge in [-0.15, -0.1) is 0 Å². The zero-order valence-electron chi connectivity index (χ0n) is 16.0. The molecular weight excluding hydrogens is 391 g/mol. The van der Waals surface area contributed by atoms with Crippen LogP contribution in [-0.4, -0.2) is 20.7 Å². The molecule has 0 bridgehead atoms. The summed E-state index contributed by atoms with van der Waals surface area (Å²) in [6.07, 6.45) is 1.60. The van der Waals surface area contributed by atoms with Gasteiger partial charge in [0.15, 0.2) is 0 Å². The molecule has 6 nitrogen and oxygen atoms in total. The first-order valence-electron chi connectivity index (χ1n) is 8.87. The van der Waals surface area contributed by atoms with Crippen molar-refractivity contribution in [3.05, 3.63) is 79.8 Å². The van der Waals surface area contributed by atoms with E-state index in [-0.39, 0.29) is 16.1 Å². The Kier molecular flexibility index (Phi) is 4.71. The molecule has 1 N–H and O–H groups in total. The molecule has 0 aliphatic heterocycles. The second-order valence-electron chi connectivity index (χ2n) is 6.76. The Hall–Kier alpha value is -3.39. The van der Waals surface area contributed by atoms with E-state index in [1.807, 2.05) is 32.0 Å². The Bertz CT molecular complexity index is 1330. The van der Waals surface area contributed by atoms with Crippen LogP contribution in [0.2, 0.25) is 0 Å². The normalized spacial score (nSPS) is 11.0. The first-order chi connectivity index (χ1) is 13.8. The van der Waals surface area contributed by atoms with Crippen molar-refractivity contribution in [1.82, 2.24) is 14.8 Å². The van der Waals surface area contributed by atoms with Gasteiger partial charge in [-0.05, 0) is 49.9 Å². The average molecular weight is 408 g/mol. The molecule has 0 radical (unpaired) electrons. The standard InChI is InChI=1S/C21H17FN4O2S/c1-11-8-12(2)18-14(9-11)6-7-23-19(18)24-20(27)16-5-4-15(10-17(16)22)26-21(28)29-13(3)25-26/h4-10H,1-3H3,(H,23,24,27). The topological polar surface area (TPSA) is 76.9 Å². The highest BCUT2D eigenvalue weighted by atomic mass is 32.1. The molecular formula is C21H17FN4O2S. The number of amides is 1. The number of aryl methyl sites for hydroxylation is 3. The van der Waals surface area contributed by atoms with Gasteiger partial charge in [-0.3, -0.25) is 9.59 Å². The number of halogens is 1. The van der Waals surface area contributed by atoms with Crippen molar-refractivity contribution in [3.63, 3.8) is 0 Å². The molecule has 0 unspecified atom stereocenters. The van der Waals surface area contributed by atoms with Crippen molar-refractivity contribution < 1.29 is 9.18 Å². The number of pyridine rings is 1. The summed E-state index contributed by atoms with van der Waals surface area (Å²) in [7, 11) is 0. The molecule has 0 spiro atoms. The highest BCUT2D eigenvalue weighted by molar-refractivity contribution is 7.08. The minimum Gasteiger partial charge on any atom is -0.306 e. The number of fused-ring (bicyclic) bond motifs is 1. The molecule has 0 atom stereocenters. The summed E-state index contributed by atoms with van der Waals surface area (Å²) < 4.78 is 15.8. The van der Waals surface area contributed by atoms with Crippen molar-refractivity contribution in [3.8, 4) is 5.69 Å². The Morgan fingerprint density at radius 3 is 2.62 bits per heavy atom. The van der Waals surface area contributed by atoms with Gasteiger partial charge in [-0.25, -0.2) is 9.37 Å². The van der Waals surface area contributed by atoms with Crippen molar-refractivity contribution in [1.29, 1.82) is 0 Å². The molecule has 0 saturated carbocycles. The third kappa shape index (κ3) is 3.54. The van der Waals surface area contributed by atoms with Crippen LogP contribution in [0.4, 0.5) is 10.2 Å². The van der Waals surface area contributed by atoms with Gasteiger partial charge in [-0.1, -0.05) is 29.0 Å². The summed E-state index contributed by atoms with van der Waals surface area (Å²) in [6, 6.07) is 9.83. The van der Waals surface area contributed by atoms with E-state index in [0.29, 0.717) is 10.8 Å². The van der Waals surface area contributed by atoms with Crippen LogP contribution in [-0.2, 0) is 0 Å². The zero-order valence-corrected chi connectivity index (χ0v) is 16.8. The van der Waals surface area contributed by atoms with Crippen LogP contribution < -0.4 is 10.2 Å². The van der Waals surface area contributed by atoms with Gasteiger partial charge in [0, 0.05) is 17.6 Å². The molecule has 0 aliphatic rings. The van der Waals surface area contributed by atoms with Gasteiger partial charge in [0.05, 0.1) is 11.3 Å². The quantitative estimate of drug-likeness (QED) is 0.552. The Morgan fingerprint density at radius 1 is 1.14 bits per heavy atom. The van der Waals surface area contributed by atoms with Gasteiger partial charge in [0.2, 0.25) is 0 Å². The number of hydrogen-bond acceptors (Lipinski definition) is 5. The van der Waals surface area contributed by atoms with E-state index in [1.165, 1.54) is 12.1 Å². The number of carbonyl (C=O) groups is 1. The summed E-state index contributed by atoms with van der Waals surface area (Å²) in [5, 5.41) is 9.10. The van der Waals surface area contributed by atoms with Crippen molar-refractivity contribution in [2.45, 2.75) is 20.8 Å². The lowest BCUT2D eigenvalue weighted by Gasteiger charge is -2.11. The van der Waals surface area contributed by atoms with Crippen molar-refractivity contribution >= 4 is 33.8 Å². The van der Waals surface area contributed by atoms with Crippen LogP contribution in [0.15, 0.2) is 47.4 Å². The average Bonchev–Trinajstić information content (AvgIpc) is 2.99. The molecule has 0 saturated heterocycles. The van der Waals surface area contributed by atoms with Crippen molar-refractivity contribution in [2.24, 2.45) is 0 Å². The lowest BCUT2D eigenvalue weighted by Crippen LogP contribution is -2.17. The molecule has 146 valence electrons. The molecule has 8 heteroatoms. The van der Waals surface area contributed by atoms with Crippen LogP contribution >= 0.6 is 11.3 Å². The molecule has 0 fully saturated rings. The third-order valence-corrected chi connectivity index (χ3v) is 5.25. The van der Waals surface area contributed by atoms with E-state index in [2.05, 4.69) is 15.4 Å². The zero-order chi connectivity index (χ0) is 20.7.